The number of carbonyl (C=O) groups excluding carboxylic acids is 1. The lowest BCUT2D eigenvalue weighted by molar-refractivity contribution is -0.117. The summed E-state index contributed by atoms with van der Waals surface area (Å²) in [5.74, 6) is 0.275. The van der Waals surface area contributed by atoms with Crippen molar-refractivity contribution in [1.82, 2.24) is 5.32 Å². The lowest BCUT2D eigenvalue weighted by Gasteiger charge is -2.22. The fourth-order valence-corrected chi connectivity index (χ4v) is 2.91. The minimum absolute atomic E-state index is 0.0683. The van der Waals surface area contributed by atoms with Gasteiger partial charge in [0.05, 0.1) is 6.61 Å². The van der Waals surface area contributed by atoms with E-state index < -0.39 is 0 Å². The average molecular weight is 333 g/mol. The average Bonchev–Trinajstić information content (AvgIpc) is 2.55. The Hall–Kier alpha value is -1.99. The quantitative estimate of drug-likeness (QED) is 0.652. The molecule has 1 aliphatic carbocycles. The smallest absolute Gasteiger partial charge is 0.262 e. The third-order valence-corrected chi connectivity index (χ3v) is 4.11. The highest BCUT2D eigenvalue weighted by molar-refractivity contribution is 6.30. The van der Waals surface area contributed by atoms with Crippen molar-refractivity contribution in [2.24, 2.45) is 0 Å². The zero-order valence-corrected chi connectivity index (χ0v) is 14.0. The molecular formula is C18H21ClN2O2. The van der Waals surface area contributed by atoms with Crippen LogP contribution in [-0.2, 0) is 4.79 Å². The lowest BCUT2D eigenvalue weighted by atomic mass is 9.95. The van der Waals surface area contributed by atoms with E-state index in [1.54, 1.807) is 18.2 Å². The highest BCUT2D eigenvalue weighted by atomic mass is 35.5. The highest BCUT2D eigenvalue weighted by Crippen LogP contribution is 2.25. The molecule has 1 fully saturated rings. The summed E-state index contributed by atoms with van der Waals surface area (Å²) >= 11 is 6.01. The van der Waals surface area contributed by atoms with Gasteiger partial charge in [0.1, 0.15) is 17.4 Å². The molecule has 0 bridgehead atoms. The second kappa shape index (κ2) is 8.59. The van der Waals surface area contributed by atoms with Crippen LogP contribution in [0.2, 0.25) is 5.02 Å². The van der Waals surface area contributed by atoms with Crippen LogP contribution in [0.15, 0.2) is 23.8 Å². The van der Waals surface area contributed by atoms with E-state index in [0.717, 1.165) is 25.7 Å². The predicted octanol–water partition coefficient (Wildman–Crippen LogP) is 4.09. The second-order valence-corrected chi connectivity index (χ2v) is 6.03. The van der Waals surface area contributed by atoms with E-state index in [1.165, 1.54) is 12.5 Å². The maximum absolute atomic E-state index is 12.3. The molecule has 0 aliphatic heterocycles. The van der Waals surface area contributed by atoms with Crippen LogP contribution in [0.4, 0.5) is 0 Å². The molecule has 2 rings (SSSR count). The molecule has 0 heterocycles. The molecule has 0 spiro atoms. The summed E-state index contributed by atoms with van der Waals surface area (Å²) in [6.07, 6.45) is 6.96. The SMILES string of the molecule is CCOc1ccc(Cl)cc1/C=C(\C#N)C(=O)NC1CCCCC1. The van der Waals surface area contributed by atoms with Crippen molar-refractivity contribution in [1.29, 1.82) is 5.26 Å². The van der Waals surface area contributed by atoms with E-state index in [1.807, 2.05) is 13.0 Å². The number of amides is 1. The number of hydrogen-bond acceptors (Lipinski definition) is 3. The first-order chi connectivity index (χ1) is 11.1. The van der Waals surface area contributed by atoms with Crippen molar-refractivity contribution in [2.45, 2.75) is 45.1 Å². The number of ether oxygens (including phenoxy) is 1. The van der Waals surface area contributed by atoms with Crippen LogP contribution in [-0.4, -0.2) is 18.6 Å². The summed E-state index contributed by atoms with van der Waals surface area (Å²) in [6.45, 7) is 2.38. The van der Waals surface area contributed by atoms with Gasteiger partial charge in [-0.15, -0.1) is 0 Å². The molecular weight excluding hydrogens is 312 g/mol. The molecule has 1 aromatic carbocycles. The number of benzene rings is 1. The van der Waals surface area contributed by atoms with Crippen LogP contribution in [0.3, 0.4) is 0 Å². The van der Waals surface area contributed by atoms with Crippen LogP contribution >= 0.6 is 11.6 Å². The summed E-state index contributed by atoms with van der Waals surface area (Å²) in [5.41, 5.74) is 0.702. The van der Waals surface area contributed by atoms with Gasteiger partial charge in [-0.1, -0.05) is 30.9 Å². The molecule has 0 aromatic heterocycles. The van der Waals surface area contributed by atoms with E-state index in [4.69, 9.17) is 16.3 Å². The summed E-state index contributed by atoms with van der Waals surface area (Å²) < 4.78 is 5.52. The molecule has 0 atom stereocenters. The zero-order chi connectivity index (χ0) is 16.7. The second-order valence-electron chi connectivity index (χ2n) is 5.59. The van der Waals surface area contributed by atoms with Crippen LogP contribution < -0.4 is 10.1 Å². The number of nitriles is 1. The minimum Gasteiger partial charge on any atom is -0.493 e. The molecule has 0 unspecified atom stereocenters. The molecule has 0 radical (unpaired) electrons. The fraction of sp³-hybridized carbons (Fsp3) is 0.444. The van der Waals surface area contributed by atoms with Crippen LogP contribution in [0, 0.1) is 11.3 Å². The van der Waals surface area contributed by atoms with Gasteiger partial charge in [-0.05, 0) is 44.0 Å². The van der Waals surface area contributed by atoms with E-state index in [-0.39, 0.29) is 17.5 Å². The van der Waals surface area contributed by atoms with Gasteiger partial charge in [0.15, 0.2) is 0 Å². The first-order valence-corrected chi connectivity index (χ1v) is 8.37. The standard InChI is InChI=1S/C18H21ClN2O2/c1-2-23-17-9-8-15(19)11-13(17)10-14(12-20)18(22)21-16-6-4-3-5-7-16/h8-11,16H,2-7H2,1H3,(H,21,22)/b14-10+. The maximum Gasteiger partial charge on any atom is 0.262 e. The summed E-state index contributed by atoms with van der Waals surface area (Å²) in [6, 6.07) is 7.30. The Labute approximate surface area is 142 Å². The molecule has 0 saturated heterocycles. The molecule has 1 saturated carbocycles. The number of nitrogens with one attached hydrogen (secondary N) is 1. The van der Waals surface area contributed by atoms with Crippen LogP contribution in [0.1, 0.15) is 44.6 Å². The largest absolute Gasteiger partial charge is 0.493 e. The van der Waals surface area contributed by atoms with Crippen molar-refractivity contribution < 1.29 is 9.53 Å². The van der Waals surface area contributed by atoms with Crippen molar-refractivity contribution in [3.05, 3.63) is 34.4 Å². The van der Waals surface area contributed by atoms with Gasteiger partial charge in [0, 0.05) is 16.6 Å². The molecule has 1 amide bonds. The molecule has 23 heavy (non-hydrogen) atoms. The van der Waals surface area contributed by atoms with Gasteiger partial charge < -0.3 is 10.1 Å². The van der Waals surface area contributed by atoms with Crippen molar-refractivity contribution in [2.75, 3.05) is 6.61 Å². The van der Waals surface area contributed by atoms with Crippen LogP contribution in [0.5, 0.6) is 5.75 Å². The Balaban J connectivity index is 2.19. The Morgan fingerprint density at radius 1 is 1.43 bits per heavy atom. The van der Waals surface area contributed by atoms with Gasteiger partial charge in [-0.2, -0.15) is 5.26 Å². The van der Waals surface area contributed by atoms with E-state index in [9.17, 15) is 10.1 Å². The van der Waals surface area contributed by atoms with E-state index in [0.29, 0.717) is 22.9 Å². The van der Waals surface area contributed by atoms with Gasteiger partial charge in [-0.3, -0.25) is 4.79 Å². The zero-order valence-electron chi connectivity index (χ0n) is 13.3. The van der Waals surface area contributed by atoms with E-state index in [2.05, 4.69) is 5.32 Å². The molecule has 1 N–H and O–H groups in total. The first kappa shape index (κ1) is 17.4. The molecule has 1 aromatic rings. The first-order valence-electron chi connectivity index (χ1n) is 7.99. The summed E-state index contributed by atoms with van der Waals surface area (Å²) in [7, 11) is 0. The molecule has 1 aliphatic rings. The number of hydrogen-bond donors (Lipinski definition) is 1. The Bertz CT molecular complexity index is 628. The topological polar surface area (TPSA) is 62.1 Å². The molecule has 5 heteroatoms. The molecule has 4 nitrogen and oxygen atoms in total. The predicted molar refractivity (Wildman–Crippen MR) is 91.2 cm³/mol. The number of rotatable bonds is 5. The van der Waals surface area contributed by atoms with Crippen LogP contribution in [0.25, 0.3) is 6.08 Å². The van der Waals surface area contributed by atoms with Crippen molar-refractivity contribution >= 4 is 23.6 Å². The molecule has 122 valence electrons. The third-order valence-electron chi connectivity index (χ3n) is 3.88. The summed E-state index contributed by atoms with van der Waals surface area (Å²) in [4.78, 5) is 12.3. The van der Waals surface area contributed by atoms with Crippen molar-refractivity contribution in [3.8, 4) is 11.8 Å². The Morgan fingerprint density at radius 3 is 2.83 bits per heavy atom. The van der Waals surface area contributed by atoms with Gasteiger partial charge in [-0.25, -0.2) is 0 Å². The highest BCUT2D eigenvalue weighted by Gasteiger charge is 2.18. The lowest BCUT2D eigenvalue weighted by Crippen LogP contribution is -2.36. The number of nitrogens with zero attached hydrogens (tertiary/aromatic N) is 1. The van der Waals surface area contributed by atoms with Gasteiger partial charge in [0.2, 0.25) is 0 Å². The van der Waals surface area contributed by atoms with Crippen molar-refractivity contribution in [3.63, 3.8) is 0 Å². The Morgan fingerprint density at radius 2 is 2.17 bits per heavy atom. The number of carbonyl (C=O) groups is 1. The number of halogens is 1. The van der Waals surface area contributed by atoms with E-state index >= 15 is 0 Å². The van der Waals surface area contributed by atoms with Gasteiger partial charge in [0.25, 0.3) is 5.91 Å². The maximum atomic E-state index is 12.3. The third kappa shape index (κ3) is 5.01. The normalized spacial score (nSPS) is 15.8. The monoisotopic (exact) mass is 332 g/mol. The fourth-order valence-electron chi connectivity index (χ4n) is 2.73. The van der Waals surface area contributed by atoms with Gasteiger partial charge >= 0.3 is 0 Å². The minimum atomic E-state index is -0.332. The summed E-state index contributed by atoms with van der Waals surface area (Å²) in [5, 5.41) is 12.8. The Kier molecular flexibility index (Phi) is 6.49.